The molecule has 8 heteroatoms. The molecule has 0 saturated carbocycles. The number of carbonyl (C=O) groups excluding carboxylic acids is 1. The Kier molecular flexibility index (Phi) is 4.83. The van der Waals surface area contributed by atoms with Gasteiger partial charge in [-0.2, -0.15) is 13.2 Å². The summed E-state index contributed by atoms with van der Waals surface area (Å²) in [5, 5.41) is 2.48. The molecule has 23 heavy (non-hydrogen) atoms. The molecule has 0 bridgehead atoms. The zero-order valence-electron chi connectivity index (χ0n) is 11.9. The molecule has 2 aromatic rings. The SMILES string of the molecule is Cc1cc(F)ccc1NC(=O)c1cccnc1OCC(F)(F)F. The summed E-state index contributed by atoms with van der Waals surface area (Å²) in [5.74, 6) is -1.59. The number of benzene rings is 1. The Hall–Kier alpha value is -2.64. The van der Waals surface area contributed by atoms with Crippen LogP contribution in [0.25, 0.3) is 0 Å². The van der Waals surface area contributed by atoms with Crippen LogP contribution >= 0.6 is 0 Å². The van der Waals surface area contributed by atoms with Crippen molar-refractivity contribution in [2.24, 2.45) is 0 Å². The van der Waals surface area contributed by atoms with Gasteiger partial charge in [0.15, 0.2) is 6.61 Å². The predicted octanol–water partition coefficient (Wildman–Crippen LogP) is 3.72. The zero-order valence-corrected chi connectivity index (χ0v) is 11.9. The number of anilines is 1. The zero-order chi connectivity index (χ0) is 17.0. The average Bonchev–Trinajstić information content (AvgIpc) is 2.47. The van der Waals surface area contributed by atoms with Crippen molar-refractivity contribution in [1.82, 2.24) is 4.98 Å². The summed E-state index contributed by atoms with van der Waals surface area (Å²) in [5.41, 5.74) is 0.655. The van der Waals surface area contributed by atoms with Crippen molar-refractivity contribution in [2.75, 3.05) is 11.9 Å². The monoisotopic (exact) mass is 328 g/mol. The number of halogens is 4. The van der Waals surface area contributed by atoms with Gasteiger partial charge in [0.2, 0.25) is 5.88 Å². The van der Waals surface area contributed by atoms with Crippen LogP contribution in [0.5, 0.6) is 5.88 Å². The van der Waals surface area contributed by atoms with E-state index in [1.165, 1.54) is 30.5 Å². The third-order valence-corrected chi connectivity index (χ3v) is 2.82. The number of rotatable bonds is 4. The van der Waals surface area contributed by atoms with E-state index in [9.17, 15) is 22.4 Å². The summed E-state index contributed by atoms with van der Waals surface area (Å²) in [6, 6.07) is 6.42. The fraction of sp³-hybridized carbons (Fsp3) is 0.200. The summed E-state index contributed by atoms with van der Waals surface area (Å²) in [4.78, 5) is 15.8. The van der Waals surface area contributed by atoms with Crippen LogP contribution in [-0.4, -0.2) is 23.7 Å². The first kappa shape index (κ1) is 16.7. The van der Waals surface area contributed by atoms with Crippen LogP contribution in [0.3, 0.4) is 0 Å². The molecule has 4 nitrogen and oxygen atoms in total. The quantitative estimate of drug-likeness (QED) is 0.870. The van der Waals surface area contributed by atoms with Gasteiger partial charge in [-0.25, -0.2) is 9.37 Å². The van der Waals surface area contributed by atoms with Crippen molar-refractivity contribution in [1.29, 1.82) is 0 Å². The largest absolute Gasteiger partial charge is 0.467 e. The van der Waals surface area contributed by atoms with Crippen LogP contribution < -0.4 is 10.1 Å². The molecule has 0 spiro atoms. The Labute approximate surface area is 129 Å². The number of amides is 1. The highest BCUT2D eigenvalue weighted by atomic mass is 19.4. The molecule has 1 amide bonds. The van der Waals surface area contributed by atoms with Crippen LogP contribution in [-0.2, 0) is 0 Å². The number of ether oxygens (including phenoxy) is 1. The van der Waals surface area contributed by atoms with E-state index in [-0.39, 0.29) is 5.56 Å². The number of hydrogen-bond donors (Lipinski definition) is 1. The normalized spacial score (nSPS) is 11.2. The summed E-state index contributed by atoms with van der Waals surface area (Å²) in [6.07, 6.45) is -3.33. The number of carbonyl (C=O) groups is 1. The Balaban J connectivity index is 2.19. The molecule has 0 aliphatic rings. The third kappa shape index (κ3) is 4.67. The number of nitrogens with one attached hydrogen (secondary N) is 1. The maximum absolute atomic E-state index is 13.0. The molecule has 0 atom stereocenters. The Bertz CT molecular complexity index is 717. The molecule has 0 radical (unpaired) electrons. The molecule has 1 aromatic carbocycles. The van der Waals surface area contributed by atoms with Gasteiger partial charge in [0.05, 0.1) is 0 Å². The number of nitrogens with zero attached hydrogens (tertiary/aromatic N) is 1. The fourth-order valence-corrected chi connectivity index (χ4v) is 1.79. The highest BCUT2D eigenvalue weighted by molar-refractivity contribution is 6.06. The van der Waals surface area contributed by atoms with Gasteiger partial charge < -0.3 is 10.1 Å². The van der Waals surface area contributed by atoms with Crippen LogP contribution in [0.2, 0.25) is 0 Å². The molecule has 0 saturated heterocycles. The van der Waals surface area contributed by atoms with Gasteiger partial charge in [-0.1, -0.05) is 0 Å². The first-order valence-electron chi connectivity index (χ1n) is 6.48. The van der Waals surface area contributed by atoms with E-state index in [0.717, 1.165) is 6.07 Å². The number of aromatic nitrogens is 1. The minimum absolute atomic E-state index is 0.152. The third-order valence-electron chi connectivity index (χ3n) is 2.82. The Morgan fingerprint density at radius 1 is 1.30 bits per heavy atom. The van der Waals surface area contributed by atoms with E-state index in [1.807, 2.05) is 0 Å². The lowest BCUT2D eigenvalue weighted by Crippen LogP contribution is -2.22. The summed E-state index contributed by atoms with van der Waals surface area (Å²) in [7, 11) is 0. The topological polar surface area (TPSA) is 51.2 Å². The lowest BCUT2D eigenvalue weighted by atomic mass is 10.2. The standard InChI is InChI=1S/C15H12F4N2O2/c1-9-7-10(16)4-5-12(9)21-13(22)11-3-2-6-20-14(11)23-8-15(17,18)19/h2-7H,8H2,1H3,(H,21,22). The predicted molar refractivity (Wildman–Crippen MR) is 74.9 cm³/mol. The highest BCUT2D eigenvalue weighted by Gasteiger charge is 2.29. The molecule has 2 rings (SSSR count). The van der Waals surface area contributed by atoms with Gasteiger partial charge in [0.1, 0.15) is 11.4 Å². The van der Waals surface area contributed by atoms with Crippen LogP contribution in [0.1, 0.15) is 15.9 Å². The first-order chi connectivity index (χ1) is 10.8. The molecule has 1 aromatic heterocycles. The van der Waals surface area contributed by atoms with Crippen molar-refractivity contribution in [2.45, 2.75) is 13.1 Å². The second-order valence-corrected chi connectivity index (χ2v) is 4.67. The number of alkyl halides is 3. The molecule has 0 aliphatic heterocycles. The smallest absolute Gasteiger partial charge is 0.422 e. The van der Waals surface area contributed by atoms with Gasteiger partial charge in [-0.3, -0.25) is 4.79 Å². The van der Waals surface area contributed by atoms with E-state index in [4.69, 9.17) is 0 Å². The maximum atomic E-state index is 13.0. The average molecular weight is 328 g/mol. The number of hydrogen-bond acceptors (Lipinski definition) is 3. The number of aryl methyl sites for hydroxylation is 1. The van der Waals surface area contributed by atoms with Gasteiger partial charge >= 0.3 is 6.18 Å². The van der Waals surface area contributed by atoms with Gasteiger partial charge in [0.25, 0.3) is 5.91 Å². The molecule has 122 valence electrons. The Morgan fingerprint density at radius 3 is 2.70 bits per heavy atom. The summed E-state index contributed by atoms with van der Waals surface area (Å²) < 4.78 is 54.3. The van der Waals surface area contributed by atoms with Crippen molar-refractivity contribution in [3.8, 4) is 5.88 Å². The molecule has 0 fully saturated rings. The highest BCUT2D eigenvalue weighted by Crippen LogP contribution is 2.22. The van der Waals surface area contributed by atoms with E-state index >= 15 is 0 Å². The minimum Gasteiger partial charge on any atom is -0.467 e. The van der Waals surface area contributed by atoms with Crippen molar-refractivity contribution in [3.63, 3.8) is 0 Å². The van der Waals surface area contributed by atoms with Crippen LogP contribution in [0, 0.1) is 12.7 Å². The van der Waals surface area contributed by atoms with Crippen LogP contribution in [0.4, 0.5) is 23.2 Å². The van der Waals surface area contributed by atoms with Crippen molar-refractivity contribution >= 4 is 11.6 Å². The second kappa shape index (κ2) is 6.64. The van der Waals surface area contributed by atoms with E-state index in [2.05, 4.69) is 15.0 Å². The first-order valence-corrected chi connectivity index (χ1v) is 6.48. The second-order valence-electron chi connectivity index (χ2n) is 4.67. The summed E-state index contributed by atoms with van der Waals surface area (Å²) >= 11 is 0. The van der Waals surface area contributed by atoms with E-state index in [1.54, 1.807) is 6.92 Å². The van der Waals surface area contributed by atoms with Gasteiger partial charge in [-0.05, 0) is 42.8 Å². The number of pyridine rings is 1. The molecule has 1 N–H and O–H groups in total. The molecule has 1 heterocycles. The van der Waals surface area contributed by atoms with Gasteiger partial charge in [-0.15, -0.1) is 0 Å². The van der Waals surface area contributed by atoms with Crippen molar-refractivity contribution < 1.29 is 27.1 Å². The van der Waals surface area contributed by atoms with Crippen molar-refractivity contribution in [3.05, 3.63) is 53.5 Å². The van der Waals surface area contributed by atoms with E-state index < -0.39 is 30.4 Å². The lowest BCUT2D eigenvalue weighted by molar-refractivity contribution is -0.154. The molecule has 0 unspecified atom stereocenters. The lowest BCUT2D eigenvalue weighted by Gasteiger charge is -2.13. The van der Waals surface area contributed by atoms with Gasteiger partial charge in [0, 0.05) is 11.9 Å². The molecule has 0 aliphatic carbocycles. The maximum Gasteiger partial charge on any atom is 0.422 e. The van der Waals surface area contributed by atoms with E-state index in [0.29, 0.717) is 11.3 Å². The molecular weight excluding hydrogens is 316 g/mol. The summed E-state index contributed by atoms with van der Waals surface area (Å²) in [6.45, 7) is 0.0306. The molecular formula is C15H12F4N2O2. The fourth-order valence-electron chi connectivity index (χ4n) is 1.79. The van der Waals surface area contributed by atoms with Crippen LogP contribution in [0.15, 0.2) is 36.5 Å². The Morgan fingerprint density at radius 2 is 2.04 bits per heavy atom. The minimum atomic E-state index is -4.54.